The second-order valence-corrected chi connectivity index (χ2v) is 4.44. The van der Waals surface area contributed by atoms with Crippen LogP contribution in [0.25, 0.3) is 0 Å². The van der Waals surface area contributed by atoms with Crippen molar-refractivity contribution >= 4 is 11.8 Å². The van der Waals surface area contributed by atoms with Gasteiger partial charge in [-0.2, -0.15) is 0 Å². The van der Waals surface area contributed by atoms with Gasteiger partial charge in [-0.3, -0.25) is 14.5 Å². The predicted molar refractivity (Wildman–Crippen MR) is 61.4 cm³/mol. The SMILES string of the molecule is CC(O)C(N)CN1C(=O)c2cc(F)c(F)cc2C1=O. The van der Waals surface area contributed by atoms with E-state index in [9.17, 15) is 23.5 Å². The largest absolute Gasteiger partial charge is 0.392 e. The summed E-state index contributed by atoms with van der Waals surface area (Å²) in [5.41, 5.74) is 5.19. The Bertz CT molecular complexity index is 519. The van der Waals surface area contributed by atoms with Crippen molar-refractivity contribution in [2.75, 3.05) is 6.54 Å². The maximum atomic E-state index is 13.1. The molecule has 1 heterocycles. The highest BCUT2D eigenvalue weighted by molar-refractivity contribution is 6.21. The number of carbonyl (C=O) groups excluding carboxylic acids is 2. The molecule has 1 aliphatic rings. The van der Waals surface area contributed by atoms with Crippen LogP contribution in [0.4, 0.5) is 8.78 Å². The highest BCUT2D eigenvalue weighted by Gasteiger charge is 2.37. The molecular formula is C12H12F2N2O3. The number of aliphatic hydroxyl groups excluding tert-OH is 1. The summed E-state index contributed by atoms with van der Waals surface area (Å²) >= 11 is 0. The second-order valence-electron chi connectivity index (χ2n) is 4.44. The van der Waals surface area contributed by atoms with E-state index in [1.165, 1.54) is 6.92 Å². The Morgan fingerprint density at radius 3 is 2.00 bits per heavy atom. The van der Waals surface area contributed by atoms with Crippen LogP contribution in [0.15, 0.2) is 12.1 Å². The fourth-order valence-electron chi connectivity index (χ4n) is 1.81. The number of nitrogens with two attached hydrogens (primary N) is 1. The van der Waals surface area contributed by atoms with Crippen LogP contribution >= 0.6 is 0 Å². The summed E-state index contributed by atoms with van der Waals surface area (Å²) in [4.78, 5) is 24.6. The number of imide groups is 1. The third-order valence-corrected chi connectivity index (χ3v) is 3.02. The molecule has 3 N–H and O–H groups in total. The van der Waals surface area contributed by atoms with E-state index in [0.29, 0.717) is 12.1 Å². The molecule has 7 heteroatoms. The van der Waals surface area contributed by atoms with Gasteiger partial charge < -0.3 is 10.8 Å². The lowest BCUT2D eigenvalue weighted by Gasteiger charge is -2.20. The maximum absolute atomic E-state index is 13.1. The average molecular weight is 270 g/mol. The average Bonchev–Trinajstić information content (AvgIpc) is 2.55. The lowest BCUT2D eigenvalue weighted by molar-refractivity contribution is 0.0607. The molecule has 0 aliphatic carbocycles. The summed E-state index contributed by atoms with van der Waals surface area (Å²) in [5.74, 6) is -3.87. The number of aliphatic hydroxyl groups is 1. The van der Waals surface area contributed by atoms with Gasteiger partial charge in [0, 0.05) is 12.6 Å². The fraction of sp³-hybridized carbons (Fsp3) is 0.333. The van der Waals surface area contributed by atoms with Gasteiger partial charge >= 0.3 is 0 Å². The lowest BCUT2D eigenvalue weighted by atomic mass is 10.1. The van der Waals surface area contributed by atoms with Crippen LogP contribution in [-0.2, 0) is 0 Å². The topological polar surface area (TPSA) is 83.6 Å². The molecule has 0 fully saturated rings. The third-order valence-electron chi connectivity index (χ3n) is 3.02. The summed E-state index contributed by atoms with van der Waals surface area (Å²) in [6.45, 7) is 1.20. The fourth-order valence-corrected chi connectivity index (χ4v) is 1.81. The van der Waals surface area contributed by atoms with Crippen LogP contribution in [0.3, 0.4) is 0 Å². The van der Waals surface area contributed by atoms with Crippen molar-refractivity contribution in [3.05, 3.63) is 34.9 Å². The van der Waals surface area contributed by atoms with Crippen molar-refractivity contribution in [1.29, 1.82) is 0 Å². The number of halogens is 2. The van der Waals surface area contributed by atoms with Gasteiger partial charge in [-0.25, -0.2) is 8.78 Å². The molecule has 19 heavy (non-hydrogen) atoms. The van der Waals surface area contributed by atoms with E-state index in [2.05, 4.69) is 0 Å². The number of fused-ring (bicyclic) bond motifs is 1. The molecule has 102 valence electrons. The van der Waals surface area contributed by atoms with Gasteiger partial charge in [0.25, 0.3) is 11.8 Å². The van der Waals surface area contributed by atoms with Gasteiger partial charge in [0.1, 0.15) is 0 Å². The lowest BCUT2D eigenvalue weighted by Crippen LogP contribution is -2.46. The van der Waals surface area contributed by atoms with E-state index in [1.807, 2.05) is 0 Å². The molecule has 1 aromatic rings. The minimum atomic E-state index is -1.19. The first-order valence-electron chi connectivity index (χ1n) is 5.61. The molecule has 2 amide bonds. The van der Waals surface area contributed by atoms with Crippen molar-refractivity contribution in [2.45, 2.75) is 19.1 Å². The molecule has 2 atom stereocenters. The van der Waals surface area contributed by atoms with Crippen molar-refractivity contribution < 1.29 is 23.5 Å². The number of benzene rings is 1. The minimum absolute atomic E-state index is 0.193. The molecule has 1 aromatic carbocycles. The highest BCUT2D eigenvalue weighted by atomic mass is 19.2. The predicted octanol–water partition coefficient (Wildman–Crippen LogP) is 0.269. The normalized spacial score (nSPS) is 17.6. The summed E-state index contributed by atoms with van der Waals surface area (Å²) in [7, 11) is 0. The first kappa shape index (κ1) is 13.6. The molecule has 2 rings (SSSR count). The standard InChI is InChI=1S/C12H12F2N2O3/c1-5(17)10(15)4-16-11(18)6-2-8(13)9(14)3-7(6)12(16)19/h2-3,5,10,17H,4,15H2,1H3. The first-order chi connectivity index (χ1) is 8.82. The Balaban J connectivity index is 2.34. The summed E-state index contributed by atoms with van der Waals surface area (Å²) in [6.07, 6.45) is -0.919. The van der Waals surface area contributed by atoms with Crippen molar-refractivity contribution in [2.24, 2.45) is 5.73 Å². The van der Waals surface area contributed by atoms with Crippen molar-refractivity contribution in [1.82, 2.24) is 4.90 Å². The van der Waals surface area contributed by atoms with Crippen LogP contribution in [0, 0.1) is 11.6 Å². The molecule has 5 nitrogen and oxygen atoms in total. The van der Waals surface area contributed by atoms with E-state index in [-0.39, 0.29) is 17.7 Å². The molecule has 0 saturated heterocycles. The van der Waals surface area contributed by atoms with Gasteiger partial charge in [-0.1, -0.05) is 0 Å². The van der Waals surface area contributed by atoms with Gasteiger partial charge in [0.05, 0.1) is 17.2 Å². The number of rotatable bonds is 3. The number of hydrogen-bond donors (Lipinski definition) is 2. The molecule has 1 aliphatic heterocycles. The van der Waals surface area contributed by atoms with Crippen LogP contribution < -0.4 is 5.73 Å². The van der Waals surface area contributed by atoms with E-state index < -0.39 is 35.6 Å². The number of hydrogen-bond acceptors (Lipinski definition) is 4. The molecule has 2 unspecified atom stereocenters. The molecule has 0 saturated carbocycles. The van der Waals surface area contributed by atoms with E-state index >= 15 is 0 Å². The molecule has 0 aromatic heterocycles. The van der Waals surface area contributed by atoms with Gasteiger partial charge in [-0.05, 0) is 19.1 Å². The van der Waals surface area contributed by atoms with Crippen molar-refractivity contribution in [3.8, 4) is 0 Å². The molecule has 0 spiro atoms. The van der Waals surface area contributed by atoms with Gasteiger partial charge in [0.2, 0.25) is 0 Å². The summed E-state index contributed by atoms with van der Waals surface area (Å²) in [5, 5.41) is 9.26. The molecule has 0 bridgehead atoms. The van der Waals surface area contributed by atoms with Crippen molar-refractivity contribution in [3.63, 3.8) is 0 Å². The Kier molecular flexibility index (Phi) is 3.34. The van der Waals surface area contributed by atoms with Crippen LogP contribution in [0.2, 0.25) is 0 Å². The molecule has 0 radical (unpaired) electrons. The van der Waals surface area contributed by atoms with Crippen LogP contribution in [-0.4, -0.2) is 40.5 Å². The Morgan fingerprint density at radius 1 is 1.21 bits per heavy atom. The maximum Gasteiger partial charge on any atom is 0.261 e. The molecular weight excluding hydrogens is 258 g/mol. The number of amides is 2. The third kappa shape index (κ3) is 2.22. The van der Waals surface area contributed by atoms with E-state index in [4.69, 9.17) is 5.73 Å². The Hall–Kier alpha value is -1.86. The zero-order valence-corrected chi connectivity index (χ0v) is 10.1. The number of carbonyl (C=O) groups is 2. The quantitative estimate of drug-likeness (QED) is 0.772. The highest BCUT2D eigenvalue weighted by Crippen LogP contribution is 2.25. The summed E-state index contributed by atoms with van der Waals surface area (Å²) in [6, 6.07) is 0.564. The van der Waals surface area contributed by atoms with Gasteiger partial charge in [0.15, 0.2) is 11.6 Å². The zero-order chi connectivity index (χ0) is 14.3. The second kappa shape index (κ2) is 4.67. The zero-order valence-electron chi connectivity index (χ0n) is 10.1. The minimum Gasteiger partial charge on any atom is -0.392 e. The Morgan fingerprint density at radius 2 is 1.63 bits per heavy atom. The van der Waals surface area contributed by atoms with Gasteiger partial charge in [-0.15, -0.1) is 0 Å². The van der Waals surface area contributed by atoms with E-state index in [0.717, 1.165) is 4.90 Å². The van der Waals surface area contributed by atoms with E-state index in [1.54, 1.807) is 0 Å². The monoisotopic (exact) mass is 270 g/mol. The number of nitrogens with zero attached hydrogens (tertiary/aromatic N) is 1. The first-order valence-corrected chi connectivity index (χ1v) is 5.61. The van der Waals surface area contributed by atoms with Crippen LogP contribution in [0.5, 0.6) is 0 Å². The van der Waals surface area contributed by atoms with Crippen LogP contribution in [0.1, 0.15) is 27.6 Å². The summed E-state index contributed by atoms with van der Waals surface area (Å²) < 4.78 is 26.1. The smallest absolute Gasteiger partial charge is 0.261 e. The Labute approximate surface area is 107 Å².